The van der Waals surface area contributed by atoms with E-state index in [1.807, 2.05) is 18.2 Å². The molecule has 0 bridgehead atoms. The Morgan fingerprint density at radius 1 is 0.882 bits per heavy atom. The van der Waals surface area contributed by atoms with Gasteiger partial charge >= 0.3 is 6.03 Å². The first-order valence-corrected chi connectivity index (χ1v) is 12.1. The minimum Gasteiger partial charge on any atom is -0.369 e. The molecule has 1 atom stereocenters. The molecule has 7 nitrogen and oxygen atoms in total. The maximum Gasteiger partial charge on any atom is 0.319 e. The van der Waals surface area contributed by atoms with Crippen LogP contribution in [0.25, 0.3) is 0 Å². The Morgan fingerprint density at radius 3 is 2.32 bits per heavy atom. The van der Waals surface area contributed by atoms with Crippen molar-refractivity contribution >= 4 is 17.5 Å². The van der Waals surface area contributed by atoms with Crippen molar-refractivity contribution in [3.8, 4) is 0 Å². The number of nitrogens with zero attached hydrogens (tertiary/aromatic N) is 4. The number of anilines is 1. The van der Waals surface area contributed by atoms with Crippen molar-refractivity contribution in [2.45, 2.75) is 18.4 Å². The van der Waals surface area contributed by atoms with Gasteiger partial charge in [0.15, 0.2) is 5.78 Å². The summed E-state index contributed by atoms with van der Waals surface area (Å²) in [4.78, 5) is 34.3. The lowest BCUT2D eigenvalue weighted by molar-refractivity contribution is -0.129. The predicted molar refractivity (Wildman–Crippen MR) is 129 cm³/mol. The summed E-state index contributed by atoms with van der Waals surface area (Å²) >= 11 is 0. The van der Waals surface area contributed by atoms with Crippen LogP contribution in [0.1, 0.15) is 12.0 Å². The summed E-state index contributed by atoms with van der Waals surface area (Å²) < 4.78 is 13.2. The van der Waals surface area contributed by atoms with Crippen LogP contribution in [0.5, 0.6) is 0 Å². The van der Waals surface area contributed by atoms with Gasteiger partial charge in [-0.3, -0.25) is 14.6 Å². The zero-order chi connectivity index (χ0) is 23.5. The van der Waals surface area contributed by atoms with Crippen LogP contribution in [-0.4, -0.2) is 91.1 Å². The van der Waals surface area contributed by atoms with Gasteiger partial charge in [0.1, 0.15) is 11.4 Å². The maximum atomic E-state index is 13.2. The highest BCUT2D eigenvalue weighted by Crippen LogP contribution is 2.26. The molecule has 3 saturated heterocycles. The van der Waals surface area contributed by atoms with Crippen molar-refractivity contribution < 1.29 is 14.0 Å². The largest absolute Gasteiger partial charge is 0.369 e. The van der Waals surface area contributed by atoms with E-state index in [0.29, 0.717) is 26.2 Å². The highest BCUT2D eigenvalue weighted by atomic mass is 19.1. The molecule has 5 rings (SSSR count). The third kappa shape index (κ3) is 4.93. The Bertz CT molecular complexity index is 1010. The third-order valence-corrected chi connectivity index (χ3v) is 7.34. The number of likely N-dealkylation sites (tertiary alicyclic amines) is 1. The van der Waals surface area contributed by atoms with Gasteiger partial charge in [0.05, 0.1) is 19.8 Å². The first-order chi connectivity index (χ1) is 16.5. The minimum atomic E-state index is -0.754. The standard InChI is InChI=1S/C26H32FN5O2/c27-22-6-8-23(9-7-22)31-16-14-30(15-17-31)20-32-19-26(28-25(32)34)11-13-29(18-24(26)33)12-10-21-4-2-1-3-5-21/h1-9H,10-20H2,(H,28,34). The molecular weight excluding hydrogens is 433 g/mol. The highest BCUT2D eigenvalue weighted by molar-refractivity contribution is 5.97. The number of hydrogen-bond acceptors (Lipinski definition) is 5. The minimum absolute atomic E-state index is 0.115. The molecule has 3 heterocycles. The number of amides is 2. The Labute approximate surface area is 200 Å². The number of rotatable bonds is 6. The number of Topliss-reactive ketones (excluding diaryl/α,β-unsaturated/α-hetero) is 1. The van der Waals surface area contributed by atoms with E-state index in [1.54, 1.807) is 17.0 Å². The van der Waals surface area contributed by atoms with Crippen molar-refractivity contribution in [1.82, 2.24) is 20.0 Å². The van der Waals surface area contributed by atoms with Gasteiger partial charge in [-0.15, -0.1) is 0 Å². The summed E-state index contributed by atoms with van der Waals surface area (Å²) in [5, 5.41) is 3.03. The fourth-order valence-corrected chi connectivity index (χ4v) is 5.22. The average Bonchev–Trinajstić information content (AvgIpc) is 3.17. The fraction of sp³-hybridized carbons (Fsp3) is 0.462. The fourth-order valence-electron chi connectivity index (χ4n) is 5.22. The van der Waals surface area contributed by atoms with E-state index < -0.39 is 5.54 Å². The van der Waals surface area contributed by atoms with Gasteiger partial charge in [0, 0.05) is 45.0 Å². The lowest BCUT2D eigenvalue weighted by Gasteiger charge is -2.39. The van der Waals surface area contributed by atoms with E-state index in [4.69, 9.17) is 0 Å². The summed E-state index contributed by atoms with van der Waals surface area (Å²) in [6.07, 6.45) is 1.57. The molecule has 8 heteroatoms. The molecule has 0 aromatic heterocycles. The van der Waals surface area contributed by atoms with Crippen molar-refractivity contribution in [2.24, 2.45) is 0 Å². The molecule has 0 saturated carbocycles. The van der Waals surface area contributed by atoms with Gasteiger partial charge in [0.2, 0.25) is 0 Å². The van der Waals surface area contributed by atoms with Gasteiger partial charge in [-0.05, 0) is 42.7 Å². The number of carbonyl (C=O) groups excluding carboxylic acids is 2. The maximum absolute atomic E-state index is 13.2. The van der Waals surface area contributed by atoms with Gasteiger partial charge in [-0.25, -0.2) is 9.18 Å². The normalized spacial score (nSPS) is 24.1. The number of benzene rings is 2. The molecule has 3 aliphatic heterocycles. The van der Waals surface area contributed by atoms with Crippen LogP contribution >= 0.6 is 0 Å². The summed E-state index contributed by atoms with van der Waals surface area (Å²) in [6, 6.07) is 16.8. The van der Waals surface area contributed by atoms with E-state index in [1.165, 1.54) is 17.7 Å². The lowest BCUT2D eigenvalue weighted by atomic mass is 9.87. The van der Waals surface area contributed by atoms with Crippen LogP contribution in [0.15, 0.2) is 54.6 Å². The van der Waals surface area contributed by atoms with Gasteiger partial charge in [-0.2, -0.15) is 0 Å². The first kappa shape index (κ1) is 22.8. The summed E-state index contributed by atoms with van der Waals surface area (Å²) in [5.74, 6) is -0.114. The Morgan fingerprint density at radius 2 is 1.62 bits per heavy atom. The van der Waals surface area contributed by atoms with Crippen LogP contribution in [0.2, 0.25) is 0 Å². The second kappa shape index (κ2) is 9.72. The molecule has 1 unspecified atom stereocenters. The molecule has 0 aliphatic carbocycles. The quantitative estimate of drug-likeness (QED) is 0.709. The number of piperazine rings is 1. The molecule has 2 aromatic rings. The molecule has 34 heavy (non-hydrogen) atoms. The van der Waals surface area contributed by atoms with Crippen molar-refractivity contribution in [3.05, 3.63) is 66.0 Å². The zero-order valence-electron chi connectivity index (χ0n) is 19.5. The smallest absolute Gasteiger partial charge is 0.319 e. The highest BCUT2D eigenvalue weighted by Gasteiger charge is 2.50. The van der Waals surface area contributed by atoms with Crippen LogP contribution in [0.4, 0.5) is 14.9 Å². The molecule has 2 aromatic carbocycles. The Kier molecular flexibility index (Phi) is 6.52. The molecule has 0 radical (unpaired) electrons. The Balaban J connectivity index is 1.11. The topological polar surface area (TPSA) is 59.1 Å². The molecule has 180 valence electrons. The number of nitrogens with one attached hydrogen (secondary N) is 1. The van der Waals surface area contributed by atoms with E-state index in [2.05, 4.69) is 32.1 Å². The van der Waals surface area contributed by atoms with E-state index >= 15 is 0 Å². The van der Waals surface area contributed by atoms with E-state index in [-0.39, 0.29) is 17.6 Å². The van der Waals surface area contributed by atoms with Gasteiger partial charge in [0.25, 0.3) is 0 Å². The average molecular weight is 466 g/mol. The monoisotopic (exact) mass is 465 g/mol. The first-order valence-electron chi connectivity index (χ1n) is 12.1. The molecule has 1 spiro atoms. The molecule has 3 fully saturated rings. The zero-order valence-corrected chi connectivity index (χ0v) is 19.5. The summed E-state index contributed by atoms with van der Waals surface area (Å²) in [7, 11) is 0. The van der Waals surface area contributed by atoms with Crippen molar-refractivity contribution in [1.29, 1.82) is 0 Å². The summed E-state index contributed by atoms with van der Waals surface area (Å²) in [6.45, 7) is 6.28. The second-order valence-corrected chi connectivity index (χ2v) is 9.62. The molecule has 1 N–H and O–H groups in total. The number of carbonyl (C=O) groups is 2. The van der Waals surface area contributed by atoms with E-state index in [9.17, 15) is 14.0 Å². The lowest BCUT2D eigenvalue weighted by Crippen LogP contribution is -2.60. The SMILES string of the molecule is O=C1NC2(CCN(CCc3ccccc3)CC2=O)CN1CN1CCN(c2ccc(F)cc2)CC1. The summed E-state index contributed by atoms with van der Waals surface area (Å²) in [5.41, 5.74) is 1.54. The van der Waals surface area contributed by atoms with Gasteiger partial charge in [-0.1, -0.05) is 30.3 Å². The molecule has 2 amide bonds. The Hall–Kier alpha value is -2.97. The van der Waals surface area contributed by atoms with E-state index in [0.717, 1.165) is 51.4 Å². The number of piperidine rings is 1. The number of urea groups is 1. The van der Waals surface area contributed by atoms with Crippen molar-refractivity contribution in [3.63, 3.8) is 0 Å². The van der Waals surface area contributed by atoms with Crippen molar-refractivity contribution in [2.75, 3.05) is 63.9 Å². The van der Waals surface area contributed by atoms with Crippen LogP contribution in [0, 0.1) is 5.82 Å². The van der Waals surface area contributed by atoms with Crippen LogP contribution in [-0.2, 0) is 11.2 Å². The van der Waals surface area contributed by atoms with Crippen LogP contribution in [0.3, 0.4) is 0 Å². The van der Waals surface area contributed by atoms with Crippen LogP contribution < -0.4 is 10.2 Å². The molecular formula is C26H32FN5O2. The number of ketones is 1. The molecule has 3 aliphatic rings. The third-order valence-electron chi connectivity index (χ3n) is 7.34. The second-order valence-electron chi connectivity index (χ2n) is 9.62. The predicted octanol–water partition coefficient (Wildman–Crippen LogP) is 2.19. The van der Waals surface area contributed by atoms with Gasteiger partial charge < -0.3 is 15.1 Å². The number of hydrogen-bond donors (Lipinski definition) is 1. The number of halogens is 1.